The van der Waals surface area contributed by atoms with Crippen LogP contribution in [-0.4, -0.2) is 43.0 Å². The summed E-state index contributed by atoms with van der Waals surface area (Å²) < 4.78 is 17.1. The van der Waals surface area contributed by atoms with Gasteiger partial charge in [0.15, 0.2) is 5.65 Å². The molecule has 0 spiro atoms. The molecule has 8 heteroatoms. The monoisotopic (exact) mass is 524 g/mol. The first kappa shape index (κ1) is 25.0. The number of rotatable bonds is 5. The third-order valence-electron chi connectivity index (χ3n) is 8.24. The fraction of sp³-hybridized carbons (Fsp3) is 0.290. The van der Waals surface area contributed by atoms with Gasteiger partial charge in [-0.25, -0.2) is 18.7 Å². The number of carboxylic acid groups (broad SMARTS) is 1. The largest absolute Gasteiger partial charge is 0.478 e. The highest BCUT2D eigenvalue weighted by molar-refractivity contribution is 5.93. The molecular weight excluding hydrogens is 495 g/mol. The molecule has 0 radical (unpaired) electrons. The molecule has 1 amide bonds. The molecule has 1 saturated carbocycles. The molecule has 3 atom stereocenters. The molecule has 2 aliphatic rings. The predicted molar refractivity (Wildman–Crippen MR) is 146 cm³/mol. The second kappa shape index (κ2) is 9.76. The highest BCUT2D eigenvalue weighted by Gasteiger charge is 2.34. The molecule has 1 aliphatic carbocycles. The molecular formula is C31H29FN4O3. The van der Waals surface area contributed by atoms with Crippen molar-refractivity contribution in [1.29, 1.82) is 0 Å². The fourth-order valence-corrected chi connectivity index (χ4v) is 5.84. The highest BCUT2D eigenvalue weighted by atomic mass is 19.1. The lowest BCUT2D eigenvalue weighted by Gasteiger charge is -2.36. The summed E-state index contributed by atoms with van der Waals surface area (Å²) in [5, 5.41) is 13.7. The third kappa shape index (κ3) is 4.39. The molecule has 0 bridgehead atoms. The molecule has 1 aliphatic heterocycles. The molecule has 3 heterocycles. The molecule has 7 nitrogen and oxygen atoms in total. The lowest BCUT2D eigenvalue weighted by Crippen LogP contribution is -2.39. The summed E-state index contributed by atoms with van der Waals surface area (Å²) >= 11 is 0. The second-order valence-electron chi connectivity index (χ2n) is 10.5. The zero-order valence-corrected chi connectivity index (χ0v) is 21.8. The van der Waals surface area contributed by atoms with E-state index in [1.807, 2.05) is 23.1 Å². The number of halogens is 1. The zero-order chi connectivity index (χ0) is 27.3. The van der Waals surface area contributed by atoms with Crippen molar-refractivity contribution in [3.63, 3.8) is 0 Å². The van der Waals surface area contributed by atoms with Gasteiger partial charge in [-0.15, -0.1) is 0 Å². The van der Waals surface area contributed by atoms with Gasteiger partial charge in [-0.2, -0.15) is 5.10 Å². The topological polar surface area (TPSA) is 87.8 Å². The highest BCUT2D eigenvalue weighted by Crippen LogP contribution is 2.42. The Morgan fingerprint density at radius 1 is 1.08 bits per heavy atom. The van der Waals surface area contributed by atoms with Crippen LogP contribution in [0, 0.1) is 11.7 Å². The van der Waals surface area contributed by atoms with Crippen LogP contribution in [0.5, 0.6) is 0 Å². The quantitative estimate of drug-likeness (QED) is 0.328. The number of carbonyl (C=O) groups excluding carboxylic acids is 1. The molecule has 2 aromatic heterocycles. The molecule has 4 aromatic rings. The van der Waals surface area contributed by atoms with Crippen molar-refractivity contribution >= 4 is 23.6 Å². The van der Waals surface area contributed by atoms with E-state index in [4.69, 9.17) is 15.2 Å². The molecule has 1 N–H and O–H groups in total. The van der Waals surface area contributed by atoms with E-state index in [9.17, 15) is 9.59 Å². The van der Waals surface area contributed by atoms with Crippen LogP contribution in [-0.2, 0) is 11.2 Å². The van der Waals surface area contributed by atoms with Crippen LogP contribution in [0.2, 0.25) is 0 Å². The zero-order valence-electron chi connectivity index (χ0n) is 21.8. The fourth-order valence-electron chi connectivity index (χ4n) is 5.84. The minimum atomic E-state index is -1.15. The van der Waals surface area contributed by atoms with Crippen molar-refractivity contribution in [2.45, 2.75) is 45.1 Å². The van der Waals surface area contributed by atoms with E-state index in [2.05, 4.69) is 26.0 Å². The average molecular weight is 525 g/mol. The maximum atomic E-state index is 15.4. The van der Waals surface area contributed by atoms with E-state index in [0.717, 1.165) is 36.6 Å². The van der Waals surface area contributed by atoms with Crippen LogP contribution in [0.4, 0.5) is 4.39 Å². The molecule has 1 fully saturated rings. The Balaban J connectivity index is 1.42. The van der Waals surface area contributed by atoms with Gasteiger partial charge in [0.2, 0.25) is 0 Å². The van der Waals surface area contributed by atoms with Gasteiger partial charge in [-0.3, -0.25) is 4.79 Å². The van der Waals surface area contributed by atoms with Gasteiger partial charge in [0, 0.05) is 35.7 Å². The van der Waals surface area contributed by atoms with Crippen molar-refractivity contribution in [3.8, 4) is 11.3 Å². The third-order valence-corrected chi connectivity index (χ3v) is 8.24. The Labute approximate surface area is 225 Å². The van der Waals surface area contributed by atoms with Gasteiger partial charge < -0.3 is 10.0 Å². The van der Waals surface area contributed by atoms with E-state index >= 15 is 4.39 Å². The van der Waals surface area contributed by atoms with Crippen LogP contribution in [0.25, 0.3) is 23.0 Å². The van der Waals surface area contributed by atoms with E-state index in [0.29, 0.717) is 29.5 Å². The van der Waals surface area contributed by atoms with Crippen LogP contribution >= 0.6 is 0 Å². The predicted octanol–water partition coefficient (Wildman–Crippen LogP) is 5.91. The number of benzene rings is 2. The van der Waals surface area contributed by atoms with Crippen LogP contribution in [0.3, 0.4) is 0 Å². The number of carbonyl (C=O) groups is 2. The minimum Gasteiger partial charge on any atom is -0.478 e. The summed E-state index contributed by atoms with van der Waals surface area (Å²) in [7, 11) is 0. The Bertz CT molecular complexity index is 1640. The number of aromatic nitrogens is 3. The lowest BCUT2D eigenvalue weighted by atomic mass is 9.73. The van der Waals surface area contributed by atoms with Crippen molar-refractivity contribution in [2.24, 2.45) is 5.92 Å². The Hall–Kier alpha value is -4.33. The normalized spacial score (nSPS) is 20.7. The summed E-state index contributed by atoms with van der Waals surface area (Å²) in [5.74, 6) is -1.17. The standard InChI is InChI=1S/C31H29FN4O3/c1-18-10-12-22(18)27-16-26(31(39)35-15-14-20-6-3-4-8-23(20)19(35)2)33-28-17-25(34-36(27)28)24-9-5-7-21(30(24)32)11-13-29(37)38/h3-9,11,13,16-19,22H,10,12,14-15H2,1-2H3,(H,37,38)/b13-11+/t18?,19-,22?/m1/s1. The van der Waals surface area contributed by atoms with E-state index in [-0.39, 0.29) is 29.0 Å². The Kier molecular flexibility index (Phi) is 6.25. The van der Waals surface area contributed by atoms with Crippen molar-refractivity contribution in [1.82, 2.24) is 19.5 Å². The molecule has 39 heavy (non-hydrogen) atoms. The first-order chi connectivity index (χ1) is 18.8. The summed E-state index contributed by atoms with van der Waals surface area (Å²) in [5.41, 5.74) is 4.96. The SMILES string of the molecule is CC1CCC1c1cc(C(=O)N2CCc3ccccc3[C@H]2C)nc2cc(-c3cccc(/C=C/C(=O)O)c3F)nn12. The van der Waals surface area contributed by atoms with Crippen molar-refractivity contribution < 1.29 is 19.1 Å². The first-order valence-electron chi connectivity index (χ1n) is 13.3. The summed E-state index contributed by atoms with van der Waals surface area (Å²) in [6, 6.07) is 16.5. The van der Waals surface area contributed by atoms with Crippen molar-refractivity contribution in [2.75, 3.05) is 6.54 Å². The average Bonchev–Trinajstić information content (AvgIpc) is 3.36. The van der Waals surface area contributed by atoms with Gasteiger partial charge in [0.1, 0.15) is 11.5 Å². The molecule has 2 aromatic carbocycles. The van der Waals surface area contributed by atoms with E-state index in [1.165, 1.54) is 17.7 Å². The molecule has 0 saturated heterocycles. The van der Waals surface area contributed by atoms with Crippen LogP contribution in [0.15, 0.2) is 60.7 Å². The molecule has 6 rings (SSSR count). The molecule has 2 unspecified atom stereocenters. The number of nitrogens with zero attached hydrogens (tertiary/aromatic N) is 4. The molecule has 198 valence electrons. The van der Waals surface area contributed by atoms with Gasteiger partial charge in [0.05, 0.1) is 17.4 Å². The number of fused-ring (bicyclic) bond motifs is 2. The van der Waals surface area contributed by atoms with E-state index in [1.54, 1.807) is 22.7 Å². The first-order valence-corrected chi connectivity index (χ1v) is 13.3. The second-order valence-corrected chi connectivity index (χ2v) is 10.5. The number of hydrogen-bond acceptors (Lipinski definition) is 4. The van der Waals surface area contributed by atoms with Gasteiger partial charge in [0.25, 0.3) is 5.91 Å². The number of hydrogen-bond donors (Lipinski definition) is 1. The van der Waals surface area contributed by atoms with Gasteiger partial charge >= 0.3 is 5.97 Å². The number of amides is 1. The number of aliphatic carboxylic acids is 1. The smallest absolute Gasteiger partial charge is 0.328 e. The Morgan fingerprint density at radius 3 is 2.64 bits per heavy atom. The maximum absolute atomic E-state index is 15.4. The van der Waals surface area contributed by atoms with Gasteiger partial charge in [-0.05, 0) is 61.4 Å². The minimum absolute atomic E-state index is 0.0669. The summed E-state index contributed by atoms with van der Waals surface area (Å²) in [6.07, 6.45) is 5.01. The van der Waals surface area contributed by atoms with Gasteiger partial charge in [-0.1, -0.05) is 43.3 Å². The lowest BCUT2D eigenvalue weighted by molar-refractivity contribution is -0.131. The van der Waals surface area contributed by atoms with E-state index < -0.39 is 11.8 Å². The Morgan fingerprint density at radius 2 is 1.90 bits per heavy atom. The maximum Gasteiger partial charge on any atom is 0.328 e. The van der Waals surface area contributed by atoms with Crippen LogP contribution < -0.4 is 0 Å². The number of carboxylic acids is 1. The summed E-state index contributed by atoms with van der Waals surface area (Å²) in [4.78, 5) is 31.4. The summed E-state index contributed by atoms with van der Waals surface area (Å²) in [6.45, 7) is 4.86. The van der Waals surface area contributed by atoms with Crippen LogP contribution in [0.1, 0.15) is 71.5 Å². The van der Waals surface area contributed by atoms with Crippen molar-refractivity contribution in [3.05, 3.63) is 94.6 Å².